The van der Waals surface area contributed by atoms with E-state index in [2.05, 4.69) is 9.88 Å². The predicted octanol–water partition coefficient (Wildman–Crippen LogP) is 3.94. The molecule has 1 saturated heterocycles. The van der Waals surface area contributed by atoms with Gasteiger partial charge in [0.25, 0.3) is 5.91 Å². The van der Waals surface area contributed by atoms with Crippen LogP contribution in [0.5, 0.6) is 0 Å². The second kappa shape index (κ2) is 8.94. The average Bonchev–Trinajstić information content (AvgIpc) is 3.16. The largest absolute Gasteiger partial charge is 0.379 e. The van der Waals surface area contributed by atoms with Crippen molar-refractivity contribution in [1.29, 1.82) is 0 Å². The van der Waals surface area contributed by atoms with Crippen molar-refractivity contribution in [3.8, 4) is 0 Å². The number of halogens is 2. The van der Waals surface area contributed by atoms with E-state index in [0.717, 1.165) is 56.7 Å². The number of thiazole rings is 1. The first-order valence-corrected chi connectivity index (χ1v) is 10.4. The lowest BCUT2D eigenvalue weighted by Gasteiger charge is -2.27. The summed E-state index contributed by atoms with van der Waals surface area (Å²) in [5.74, 6) is -1.58. The number of aromatic nitrogens is 1. The lowest BCUT2D eigenvalue weighted by Crippen LogP contribution is -2.39. The van der Waals surface area contributed by atoms with Crippen LogP contribution in [-0.4, -0.2) is 55.2 Å². The van der Waals surface area contributed by atoms with Gasteiger partial charge in [0.15, 0.2) is 10.9 Å². The molecule has 4 rings (SSSR count). The Morgan fingerprint density at radius 3 is 2.69 bits per heavy atom. The highest BCUT2D eigenvalue weighted by atomic mass is 32.1. The minimum Gasteiger partial charge on any atom is -0.379 e. The zero-order valence-electron chi connectivity index (χ0n) is 15.8. The summed E-state index contributed by atoms with van der Waals surface area (Å²) in [5, 5.41) is 0.375. The van der Waals surface area contributed by atoms with Gasteiger partial charge >= 0.3 is 0 Å². The van der Waals surface area contributed by atoms with Gasteiger partial charge in [0.2, 0.25) is 0 Å². The predicted molar refractivity (Wildman–Crippen MR) is 110 cm³/mol. The van der Waals surface area contributed by atoms with Crippen molar-refractivity contribution in [2.24, 2.45) is 0 Å². The van der Waals surface area contributed by atoms with Crippen LogP contribution in [0, 0.1) is 11.6 Å². The zero-order chi connectivity index (χ0) is 20.2. The quantitative estimate of drug-likeness (QED) is 0.610. The second-order valence-electron chi connectivity index (χ2n) is 6.86. The molecule has 0 saturated carbocycles. The lowest BCUT2D eigenvalue weighted by atomic mass is 10.2. The van der Waals surface area contributed by atoms with Gasteiger partial charge in [-0.25, -0.2) is 13.8 Å². The van der Waals surface area contributed by atoms with Crippen LogP contribution in [0.25, 0.3) is 10.2 Å². The average molecular weight is 417 g/mol. The molecule has 152 valence electrons. The minimum absolute atomic E-state index is 0.0884. The summed E-state index contributed by atoms with van der Waals surface area (Å²) in [6, 6.07) is 11.0. The van der Waals surface area contributed by atoms with Gasteiger partial charge in [-0.15, -0.1) is 0 Å². The normalized spacial score (nSPS) is 15.0. The van der Waals surface area contributed by atoms with Crippen molar-refractivity contribution in [2.45, 2.75) is 6.42 Å². The van der Waals surface area contributed by atoms with Crippen molar-refractivity contribution >= 4 is 32.6 Å². The van der Waals surface area contributed by atoms with Crippen LogP contribution in [-0.2, 0) is 4.74 Å². The van der Waals surface area contributed by atoms with E-state index in [1.165, 1.54) is 6.07 Å². The van der Waals surface area contributed by atoms with Gasteiger partial charge in [-0.2, -0.15) is 0 Å². The number of morpholine rings is 1. The summed E-state index contributed by atoms with van der Waals surface area (Å²) < 4.78 is 33.5. The van der Waals surface area contributed by atoms with Gasteiger partial charge in [0.1, 0.15) is 11.3 Å². The molecular formula is C21H21F2N3O2S. The van der Waals surface area contributed by atoms with Crippen LogP contribution >= 0.6 is 11.3 Å². The van der Waals surface area contributed by atoms with E-state index in [9.17, 15) is 13.6 Å². The highest BCUT2D eigenvalue weighted by Crippen LogP contribution is 2.32. The van der Waals surface area contributed by atoms with Crippen LogP contribution in [0.2, 0.25) is 0 Å². The number of carbonyl (C=O) groups excluding carboxylic acids is 1. The first-order chi connectivity index (χ1) is 14.1. The first-order valence-electron chi connectivity index (χ1n) is 9.54. The van der Waals surface area contributed by atoms with Crippen molar-refractivity contribution in [2.75, 3.05) is 44.3 Å². The number of hydrogen-bond donors (Lipinski definition) is 0. The molecule has 5 nitrogen and oxygen atoms in total. The van der Waals surface area contributed by atoms with E-state index in [4.69, 9.17) is 4.74 Å². The SMILES string of the molecule is O=C(c1ccccc1)N(CCCN1CCOCC1)c1nc2c(F)cc(F)cc2s1. The number of ether oxygens (including phenoxy) is 1. The number of fused-ring (bicyclic) bond motifs is 1. The van der Waals surface area contributed by atoms with E-state index in [-0.39, 0.29) is 11.4 Å². The van der Waals surface area contributed by atoms with Gasteiger partial charge < -0.3 is 4.74 Å². The summed E-state index contributed by atoms with van der Waals surface area (Å²) in [7, 11) is 0. The van der Waals surface area contributed by atoms with E-state index in [1.54, 1.807) is 29.2 Å². The number of amides is 1. The van der Waals surface area contributed by atoms with Crippen LogP contribution in [0.3, 0.4) is 0 Å². The highest BCUT2D eigenvalue weighted by Gasteiger charge is 2.23. The topological polar surface area (TPSA) is 45.7 Å². The van der Waals surface area contributed by atoms with Crippen molar-refractivity contribution in [1.82, 2.24) is 9.88 Å². The molecule has 0 unspecified atom stereocenters. The van der Waals surface area contributed by atoms with Crippen molar-refractivity contribution in [3.05, 3.63) is 59.7 Å². The third-order valence-electron chi connectivity index (χ3n) is 4.86. The maximum Gasteiger partial charge on any atom is 0.260 e. The summed E-state index contributed by atoms with van der Waals surface area (Å²) in [6.07, 6.45) is 0.741. The van der Waals surface area contributed by atoms with Crippen LogP contribution in [0.15, 0.2) is 42.5 Å². The van der Waals surface area contributed by atoms with Gasteiger partial charge in [-0.1, -0.05) is 29.5 Å². The zero-order valence-corrected chi connectivity index (χ0v) is 16.6. The molecule has 0 spiro atoms. The summed E-state index contributed by atoms with van der Waals surface area (Å²) in [6.45, 7) is 4.45. The Kier molecular flexibility index (Phi) is 6.13. The molecule has 0 N–H and O–H groups in total. The minimum atomic E-state index is -0.720. The summed E-state index contributed by atoms with van der Waals surface area (Å²) in [5.41, 5.74) is 0.621. The van der Waals surface area contributed by atoms with Crippen molar-refractivity contribution in [3.63, 3.8) is 0 Å². The molecule has 1 aliphatic heterocycles. The molecule has 1 aliphatic rings. The molecule has 2 aromatic carbocycles. The fourth-order valence-electron chi connectivity index (χ4n) is 3.36. The fraction of sp³-hybridized carbons (Fsp3) is 0.333. The Bertz CT molecular complexity index is 990. The Morgan fingerprint density at radius 1 is 1.17 bits per heavy atom. The Labute approximate surface area is 171 Å². The maximum atomic E-state index is 14.1. The fourth-order valence-corrected chi connectivity index (χ4v) is 4.39. The smallest absolute Gasteiger partial charge is 0.260 e. The van der Waals surface area contributed by atoms with Gasteiger partial charge in [0, 0.05) is 37.8 Å². The number of hydrogen-bond acceptors (Lipinski definition) is 5. The van der Waals surface area contributed by atoms with E-state index >= 15 is 0 Å². The second-order valence-corrected chi connectivity index (χ2v) is 7.87. The van der Waals surface area contributed by atoms with Crippen LogP contribution in [0.1, 0.15) is 16.8 Å². The molecule has 0 bridgehead atoms. The molecule has 1 aromatic heterocycles. The number of anilines is 1. The number of carbonyl (C=O) groups is 1. The molecule has 3 aromatic rings. The van der Waals surface area contributed by atoms with Crippen molar-refractivity contribution < 1.29 is 18.3 Å². The highest BCUT2D eigenvalue weighted by molar-refractivity contribution is 7.22. The molecule has 0 atom stereocenters. The molecule has 8 heteroatoms. The van der Waals surface area contributed by atoms with Gasteiger partial charge in [0.05, 0.1) is 17.9 Å². The third kappa shape index (κ3) is 4.60. The van der Waals surface area contributed by atoms with Crippen LogP contribution in [0.4, 0.5) is 13.9 Å². The molecule has 0 radical (unpaired) electrons. The summed E-state index contributed by atoms with van der Waals surface area (Å²) in [4.78, 5) is 21.3. The Hall–Kier alpha value is -2.42. The van der Waals surface area contributed by atoms with Crippen LogP contribution < -0.4 is 4.90 Å². The Morgan fingerprint density at radius 2 is 1.93 bits per heavy atom. The number of rotatable bonds is 6. The van der Waals surface area contributed by atoms with Gasteiger partial charge in [-0.3, -0.25) is 14.6 Å². The monoisotopic (exact) mass is 417 g/mol. The molecule has 29 heavy (non-hydrogen) atoms. The molecule has 0 aliphatic carbocycles. The third-order valence-corrected chi connectivity index (χ3v) is 5.88. The standard InChI is InChI=1S/C21H21F2N3O2S/c22-16-13-17(23)19-18(14-16)29-21(24-19)26(20(27)15-5-2-1-3-6-15)8-4-7-25-9-11-28-12-10-25/h1-3,5-6,13-14H,4,7-12H2. The van der Waals surface area contributed by atoms with E-state index in [1.807, 2.05) is 6.07 Å². The number of nitrogens with zero attached hydrogens (tertiary/aromatic N) is 3. The summed E-state index contributed by atoms with van der Waals surface area (Å²) >= 11 is 1.12. The Balaban J connectivity index is 1.59. The maximum absolute atomic E-state index is 14.1. The van der Waals surface area contributed by atoms with E-state index < -0.39 is 11.6 Å². The molecule has 1 fully saturated rings. The first kappa shape index (κ1) is 19.9. The number of benzene rings is 2. The van der Waals surface area contributed by atoms with E-state index in [0.29, 0.717) is 21.9 Å². The molecule has 2 heterocycles. The molecular weight excluding hydrogens is 396 g/mol. The molecule has 1 amide bonds. The van der Waals surface area contributed by atoms with Gasteiger partial charge in [-0.05, 0) is 24.6 Å². The lowest BCUT2D eigenvalue weighted by molar-refractivity contribution is 0.0376.